The molecular formula is C15H12ClN3O. The Labute approximate surface area is 121 Å². The molecule has 0 saturated carbocycles. The molecule has 0 aliphatic rings. The molecule has 1 aromatic heterocycles. The molecule has 1 aromatic carbocycles. The fourth-order valence-electron chi connectivity index (χ4n) is 1.86. The first-order valence-corrected chi connectivity index (χ1v) is 6.34. The fraction of sp³-hybridized carbons (Fsp3) is 0.133. The van der Waals surface area contributed by atoms with Crippen molar-refractivity contribution >= 4 is 17.8 Å². The van der Waals surface area contributed by atoms with Gasteiger partial charge in [-0.3, -0.25) is 4.79 Å². The van der Waals surface area contributed by atoms with Gasteiger partial charge in [0.15, 0.2) is 0 Å². The lowest BCUT2D eigenvalue weighted by molar-refractivity contribution is 0.786. The summed E-state index contributed by atoms with van der Waals surface area (Å²) >= 11 is 6.02. The van der Waals surface area contributed by atoms with Gasteiger partial charge in [-0.1, -0.05) is 29.8 Å². The van der Waals surface area contributed by atoms with Crippen molar-refractivity contribution in [1.82, 2.24) is 4.68 Å². The number of nitrogens with zero attached hydrogens (tertiary/aromatic N) is 3. The lowest BCUT2D eigenvalue weighted by atomic mass is 10.1. The molecule has 0 aliphatic carbocycles. The van der Waals surface area contributed by atoms with Crippen LogP contribution in [-0.4, -0.2) is 10.9 Å². The Hall–Kier alpha value is -2.38. The highest BCUT2D eigenvalue weighted by Crippen LogP contribution is 2.12. The Balaban J connectivity index is 2.53. The van der Waals surface area contributed by atoms with Crippen molar-refractivity contribution < 1.29 is 0 Å². The molecule has 0 atom stereocenters. The van der Waals surface area contributed by atoms with E-state index < -0.39 is 5.56 Å². The van der Waals surface area contributed by atoms with Gasteiger partial charge in [0.1, 0.15) is 11.6 Å². The molecule has 100 valence electrons. The van der Waals surface area contributed by atoms with Crippen molar-refractivity contribution in [2.75, 3.05) is 0 Å². The summed E-state index contributed by atoms with van der Waals surface area (Å²) in [7, 11) is 0. The summed E-state index contributed by atoms with van der Waals surface area (Å²) in [6, 6.07) is 10.9. The van der Waals surface area contributed by atoms with Gasteiger partial charge in [-0.05, 0) is 31.5 Å². The average molecular weight is 286 g/mol. The molecule has 0 aliphatic heterocycles. The number of benzene rings is 1. The quantitative estimate of drug-likeness (QED) is 0.797. The van der Waals surface area contributed by atoms with Crippen LogP contribution in [0.15, 0.2) is 40.2 Å². The summed E-state index contributed by atoms with van der Waals surface area (Å²) in [4.78, 5) is 12.1. The second-order valence-electron chi connectivity index (χ2n) is 4.34. The zero-order valence-corrected chi connectivity index (χ0v) is 11.8. The van der Waals surface area contributed by atoms with Crippen molar-refractivity contribution in [2.45, 2.75) is 13.8 Å². The van der Waals surface area contributed by atoms with Gasteiger partial charge in [-0.25, -0.2) is 4.68 Å². The number of nitriles is 1. The predicted octanol–water partition coefficient (Wildman–Crippen LogP) is 2.87. The normalized spacial score (nSPS) is 10.7. The van der Waals surface area contributed by atoms with Crippen molar-refractivity contribution in [2.24, 2.45) is 5.10 Å². The van der Waals surface area contributed by atoms with Crippen LogP contribution in [-0.2, 0) is 0 Å². The molecule has 2 rings (SSSR count). The minimum Gasteiger partial charge on any atom is -0.266 e. The minimum absolute atomic E-state index is 0.104. The van der Waals surface area contributed by atoms with Crippen LogP contribution in [0.4, 0.5) is 0 Å². The first kappa shape index (κ1) is 14.0. The van der Waals surface area contributed by atoms with E-state index in [1.165, 1.54) is 10.9 Å². The van der Waals surface area contributed by atoms with Crippen molar-refractivity contribution in [3.05, 3.63) is 68.1 Å². The third-order valence-corrected chi connectivity index (χ3v) is 3.23. The molecule has 0 spiro atoms. The van der Waals surface area contributed by atoms with E-state index in [0.717, 1.165) is 0 Å². The van der Waals surface area contributed by atoms with Gasteiger partial charge in [-0.2, -0.15) is 10.4 Å². The summed E-state index contributed by atoms with van der Waals surface area (Å²) in [5.74, 6) is 0. The molecule has 0 unspecified atom stereocenters. The van der Waals surface area contributed by atoms with Crippen LogP contribution < -0.4 is 5.56 Å². The zero-order chi connectivity index (χ0) is 14.7. The Kier molecular flexibility index (Phi) is 4.02. The number of rotatable bonds is 2. The number of halogens is 1. The van der Waals surface area contributed by atoms with Crippen LogP contribution in [0.1, 0.15) is 22.4 Å². The molecule has 20 heavy (non-hydrogen) atoms. The lowest BCUT2D eigenvalue weighted by Crippen LogP contribution is -2.22. The first-order valence-electron chi connectivity index (χ1n) is 5.97. The molecule has 5 heteroatoms. The second kappa shape index (κ2) is 5.72. The largest absolute Gasteiger partial charge is 0.289 e. The van der Waals surface area contributed by atoms with Gasteiger partial charge >= 0.3 is 0 Å². The van der Waals surface area contributed by atoms with E-state index in [0.29, 0.717) is 21.8 Å². The van der Waals surface area contributed by atoms with Gasteiger partial charge in [-0.15, -0.1) is 0 Å². The molecule has 0 amide bonds. The molecule has 4 nitrogen and oxygen atoms in total. The predicted molar refractivity (Wildman–Crippen MR) is 79.3 cm³/mol. The Morgan fingerprint density at radius 1 is 1.35 bits per heavy atom. The minimum atomic E-state index is -0.423. The monoisotopic (exact) mass is 285 g/mol. The zero-order valence-electron chi connectivity index (χ0n) is 11.1. The number of hydrogen-bond acceptors (Lipinski definition) is 3. The highest BCUT2D eigenvalue weighted by molar-refractivity contribution is 6.33. The first-order chi connectivity index (χ1) is 9.54. The topological polar surface area (TPSA) is 58.1 Å². The maximum Gasteiger partial charge on any atom is 0.289 e. The third-order valence-electron chi connectivity index (χ3n) is 2.89. The molecule has 0 bridgehead atoms. The highest BCUT2D eigenvalue weighted by atomic mass is 35.5. The van der Waals surface area contributed by atoms with Gasteiger partial charge in [0.25, 0.3) is 5.56 Å². The van der Waals surface area contributed by atoms with E-state index in [9.17, 15) is 4.79 Å². The maximum atomic E-state index is 12.1. The van der Waals surface area contributed by atoms with Gasteiger partial charge in [0, 0.05) is 16.3 Å². The van der Waals surface area contributed by atoms with Gasteiger partial charge in [0.2, 0.25) is 0 Å². The molecule has 0 radical (unpaired) electrons. The number of hydrogen-bond donors (Lipinski definition) is 0. The van der Waals surface area contributed by atoms with Crippen LogP contribution in [0.2, 0.25) is 5.02 Å². The smallest absolute Gasteiger partial charge is 0.266 e. The van der Waals surface area contributed by atoms with E-state index in [1.54, 1.807) is 32.0 Å². The van der Waals surface area contributed by atoms with Crippen LogP contribution in [0.5, 0.6) is 0 Å². The molecule has 0 saturated heterocycles. The summed E-state index contributed by atoms with van der Waals surface area (Å²) in [6.07, 6.45) is 1.51. The number of pyridine rings is 1. The van der Waals surface area contributed by atoms with Gasteiger partial charge < -0.3 is 0 Å². The summed E-state index contributed by atoms with van der Waals surface area (Å²) in [5.41, 5.74) is 1.70. The van der Waals surface area contributed by atoms with Crippen LogP contribution >= 0.6 is 11.6 Å². The lowest BCUT2D eigenvalue weighted by Gasteiger charge is -2.06. The molecular weight excluding hydrogens is 274 g/mol. The Morgan fingerprint density at radius 2 is 2.05 bits per heavy atom. The maximum absolute atomic E-state index is 12.1. The molecule has 1 heterocycles. The van der Waals surface area contributed by atoms with E-state index in [-0.39, 0.29) is 5.56 Å². The SMILES string of the molecule is Cc1cc(C)n(/N=C\c2ccccc2Cl)c(=O)c1C#N. The van der Waals surface area contributed by atoms with Gasteiger partial charge in [0.05, 0.1) is 6.21 Å². The van der Waals surface area contributed by atoms with Crippen LogP contribution in [0, 0.1) is 25.2 Å². The molecule has 0 N–H and O–H groups in total. The summed E-state index contributed by atoms with van der Waals surface area (Å²) in [6.45, 7) is 3.49. The Bertz CT molecular complexity index is 785. The summed E-state index contributed by atoms with van der Waals surface area (Å²) in [5, 5.41) is 13.7. The van der Waals surface area contributed by atoms with E-state index in [4.69, 9.17) is 16.9 Å². The fourth-order valence-corrected chi connectivity index (χ4v) is 2.05. The van der Waals surface area contributed by atoms with E-state index in [2.05, 4.69) is 5.10 Å². The van der Waals surface area contributed by atoms with Crippen molar-refractivity contribution in [1.29, 1.82) is 5.26 Å². The highest BCUT2D eigenvalue weighted by Gasteiger charge is 2.09. The standard InChI is InChI=1S/C15H12ClN3O/c1-10-7-11(2)19(15(20)13(10)8-17)18-9-12-5-3-4-6-14(12)16/h3-7,9H,1-2H3/b18-9-. The van der Waals surface area contributed by atoms with Crippen molar-refractivity contribution in [3.63, 3.8) is 0 Å². The average Bonchev–Trinajstić information content (AvgIpc) is 2.40. The van der Waals surface area contributed by atoms with Crippen LogP contribution in [0.3, 0.4) is 0 Å². The number of aromatic nitrogens is 1. The van der Waals surface area contributed by atoms with E-state index in [1.807, 2.05) is 18.2 Å². The van der Waals surface area contributed by atoms with E-state index >= 15 is 0 Å². The Morgan fingerprint density at radius 3 is 2.70 bits per heavy atom. The van der Waals surface area contributed by atoms with Crippen LogP contribution in [0.25, 0.3) is 0 Å². The number of aryl methyl sites for hydroxylation is 2. The molecule has 2 aromatic rings. The summed E-state index contributed by atoms with van der Waals surface area (Å²) < 4.78 is 1.20. The second-order valence-corrected chi connectivity index (χ2v) is 4.75. The van der Waals surface area contributed by atoms with Crippen molar-refractivity contribution in [3.8, 4) is 6.07 Å². The molecule has 0 fully saturated rings. The third kappa shape index (κ3) is 2.63.